The van der Waals surface area contributed by atoms with Crippen LogP contribution < -0.4 is 22.7 Å². The van der Waals surface area contributed by atoms with Crippen LogP contribution in [0.4, 0.5) is 11.4 Å². The fourth-order valence-electron chi connectivity index (χ4n) is 3.41. The third-order valence-corrected chi connectivity index (χ3v) is 4.44. The number of nitrogen functional groups attached to an aromatic ring is 2. The Labute approximate surface area is 120 Å². The third kappa shape index (κ3) is 2.03. The monoisotopic (exact) mass is 276 g/mol. The molecule has 1 aliphatic rings. The lowest BCUT2D eigenvalue weighted by atomic mass is 9.68. The van der Waals surface area contributed by atoms with Gasteiger partial charge in [0.25, 0.3) is 0 Å². The summed E-state index contributed by atoms with van der Waals surface area (Å²) in [5.74, 6) is 5.82. The van der Waals surface area contributed by atoms with Gasteiger partial charge in [-0.2, -0.15) is 0 Å². The molecule has 0 saturated heterocycles. The summed E-state index contributed by atoms with van der Waals surface area (Å²) >= 11 is 0. The molecule has 2 rings (SSSR count). The molecule has 2 unspecified atom stereocenters. The third-order valence-electron chi connectivity index (χ3n) is 4.44. The van der Waals surface area contributed by atoms with Crippen molar-refractivity contribution in [2.75, 3.05) is 18.3 Å². The van der Waals surface area contributed by atoms with E-state index in [4.69, 9.17) is 22.0 Å². The van der Waals surface area contributed by atoms with Gasteiger partial charge in [0.15, 0.2) is 0 Å². The van der Waals surface area contributed by atoms with Crippen LogP contribution in [-0.4, -0.2) is 7.11 Å². The van der Waals surface area contributed by atoms with Gasteiger partial charge >= 0.3 is 0 Å². The van der Waals surface area contributed by atoms with Gasteiger partial charge in [-0.25, -0.2) is 0 Å². The fraction of sp³-hybridized carbons (Fsp3) is 0.467. The van der Waals surface area contributed by atoms with Gasteiger partial charge in [-0.1, -0.05) is 19.1 Å². The molecule has 0 spiro atoms. The summed E-state index contributed by atoms with van der Waals surface area (Å²) in [5.41, 5.74) is 17.5. The zero-order chi connectivity index (χ0) is 14.8. The van der Waals surface area contributed by atoms with Crippen molar-refractivity contribution in [1.29, 1.82) is 0 Å². The number of nitrogens with one attached hydrogen (secondary N) is 1. The molecular weight excluding hydrogens is 252 g/mol. The molecule has 0 amide bonds. The van der Waals surface area contributed by atoms with Crippen LogP contribution in [0.25, 0.3) is 0 Å². The van der Waals surface area contributed by atoms with Crippen molar-refractivity contribution in [3.05, 3.63) is 35.5 Å². The molecule has 1 aromatic carbocycles. The number of ether oxygens (including phenoxy) is 1. The maximum absolute atomic E-state index is 6.27. The van der Waals surface area contributed by atoms with Crippen LogP contribution >= 0.6 is 0 Å². The quantitative estimate of drug-likeness (QED) is 0.385. The van der Waals surface area contributed by atoms with Gasteiger partial charge in [-0.3, -0.25) is 5.84 Å². The second-order valence-corrected chi connectivity index (χ2v) is 5.34. The van der Waals surface area contributed by atoms with Crippen LogP contribution in [0, 0.1) is 5.92 Å². The number of methoxy groups -OCH3 is 1. The number of para-hydroxylation sites is 1. The van der Waals surface area contributed by atoms with E-state index >= 15 is 0 Å². The van der Waals surface area contributed by atoms with Crippen molar-refractivity contribution in [2.24, 2.45) is 17.5 Å². The Bertz CT molecular complexity index is 515. The van der Waals surface area contributed by atoms with Gasteiger partial charge in [-0.15, -0.1) is 0 Å². The van der Waals surface area contributed by atoms with Crippen LogP contribution in [0.1, 0.15) is 31.7 Å². The molecule has 0 radical (unpaired) electrons. The fourth-order valence-corrected chi connectivity index (χ4v) is 3.41. The van der Waals surface area contributed by atoms with Crippen LogP contribution in [-0.2, 0) is 10.3 Å². The predicted molar refractivity (Wildman–Crippen MR) is 82.6 cm³/mol. The van der Waals surface area contributed by atoms with Crippen molar-refractivity contribution in [3.8, 4) is 0 Å². The largest absolute Gasteiger partial charge is 0.405 e. The predicted octanol–water partition coefficient (Wildman–Crippen LogP) is 2.06. The van der Waals surface area contributed by atoms with E-state index in [0.717, 1.165) is 30.4 Å². The number of rotatable bonds is 3. The smallest absolute Gasteiger partial charge is 0.120 e. The van der Waals surface area contributed by atoms with Crippen molar-refractivity contribution in [2.45, 2.75) is 31.8 Å². The second-order valence-electron chi connectivity index (χ2n) is 5.34. The van der Waals surface area contributed by atoms with Gasteiger partial charge in [0, 0.05) is 12.7 Å². The highest BCUT2D eigenvalue weighted by Crippen LogP contribution is 2.50. The van der Waals surface area contributed by atoms with Crippen molar-refractivity contribution in [1.82, 2.24) is 0 Å². The Morgan fingerprint density at radius 1 is 1.45 bits per heavy atom. The Morgan fingerprint density at radius 3 is 2.80 bits per heavy atom. The minimum absolute atomic E-state index is 0.298. The molecule has 1 aromatic rings. The molecule has 110 valence electrons. The zero-order valence-electron chi connectivity index (χ0n) is 12.1. The highest BCUT2D eigenvalue weighted by atomic mass is 16.5. The van der Waals surface area contributed by atoms with Gasteiger partial charge < -0.3 is 21.6 Å². The SMILES string of the molecule is COC1(c2cccc(NN)c2N)/C(=C\N)CCCC1C. The molecule has 0 bridgehead atoms. The Kier molecular flexibility index (Phi) is 4.20. The molecular formula is C15H24N4O. The minimum atomic E-state index is -0.566. The standard InChI is InChI=1S/C15H24N4O/c1-10-5-3-6-11(9-16)15(10,20-2)12-7-4-8-13(19-18)14(12)17/h4,7-10,19H,3,5-6,16-18H2,1-2H3/b11-9-. The van der Waals surface area contributed by atoms with E-state index in [0.29, 0.717) is 17.3 Å². The first kappa shape index (κ1) is 14.7. The van der Waals surface area contributed by atoms with E-state index in [1.807, 2.05) is 18.2 Å². The number of hydrazine groups is 1. The number of hydrogen-bond acceptors (Lipinski definition) is 5. The summed E-state index contributed by atoms with van der Waals surface area (Å²) in [4.78, 5) is 0. The molecule has 7 N–H and O–H groups in total. The second kappa shape index (κ2) is 5.73. The first-order chi connectivity index (χ1) is 9.61. The summed E-state index contributed by atoms with van der Waals surface area (Å²) in [6.45, 7) is 2.17. The summed E-state index contributed by atoms with van der Waals surface area (Å²) in [6.07, 6.45) is 4.78. The van der Waals surface area contributed by atoms with Crippen molar-refractivity contribution in [3.63, 3.8) is 0 Å². The number of nitrogens with two attached hydrogens (primary N) is 3. The summed E-state index contributed by atoms with van der Waals surface area (Å²) in [6, 6.07) is 5.77. The van der Waals surface area contributed by atoms with Crippen LogP contribution in [0.2, 0.25) is 0 Å². The van der Waals surface area contributed by atoms with E-state index in [9.17, 15) is 0 Å². The molecule has 1 saturated carbocycles. The molecule has 20 heavy (non-hydrogen) atoms. The lowest BCUT2D eigenvalue weighted by molar-refractivity contribution is -0.0425. The maximum Gasteiger partial charge on any atom is 0.120 e. The first-order valence-corrected chi connectivity index (χ1v) is 6.93. The van der Waals surface area contributed by atoms with Crippen LogP contribution in [0.15, 0.2) is 30.0 Å². The minimum Gasteiger partial charge on any atom is -0.405 e. The highest BCUT2D eigenvalue weighted by molar-refractivity contribution is 5.71. The highest BCUT2D eigenvalue weighted by Gasteiger charge is 2.45. The molecule has 0 aromatic heterocycles. The van der Waals surface area contributed by atoms with E-state index in [2.05, 4.69) is 12.3 Å². The molecule has 5 nitrogen and oxygen atoms in total. The molecule has 0 aliphatic heterocycles. The van der Waals surface area contributed by atoms with Gasteiger partial charge in [0.2, 0.25) is 0 Å². The molecule has 5 heteroatoms. The van der Waals surface area contributed by atoms with Crippen LogP contribution in [0.3, 0.4) is 0 Å². The first-order valence-electron chi connectivity index (χ1n) is 6.93. The average Bonchev–Trinajstić information content (AvgIpc) is 2.47. The molecule has 0 heterocycles. The van der Waals surface area contributed by atoms with E-state index in [1.54, 1.807) is 13.3 Å². The lowest BCUT2D eigenvalue weighted by Crippen LogP contribution is -2.41. The molecule has 1 aliphatic carbocycles. The number of anilines is 2. The summed E-state index contributed by atoms with van der Waals surface area (Å²) in [7, 11) is 1.72. The number of hydrogen-bond donors (Lipinski definition) is 4. The van der Waals surface area contributed by atoms with Gasteiger partial charge in [-0.05, 0) is 43.0 Å². The normalized spacial score (nSPS) is 28.6. The Balaban J connectivity index is 2.65. The van der Waals surface area contributed by atoms with Crippen molar-refractivity contribution < 1.29 is 4.74 Å². The molecule has 1 fully saturated rings. The molecule has 2 atom stereocenters. The maximum atomic E-state index is 6.27. The average molecular weight is 276 g/mol. The lowest BCUT2D eigenvalue weighted by Gasteiger charge is -2.44. The topological polar surface area (TPSA) is 99.3 Å². The van der Waals surface area contributed by atoms with Gasteiger partial charge in [0.05, 0.1) is 11.4 Å². The zero-order valence-corrected chi connectivity index (χ0v) is 12.1. The van der Waals surface area contributed by atoms with E-state index in [-0.39, 0.29) is 0 Å². The van der Waals surface area contributed by atoms with Crippen molar-refractivity contribution >= 4 is 11.4 Å². The van der Waals surface area contributed by atoms with Gasteiger partial charge in [0.1, 0.15) is 5.60 Å². The van der Waals surface area contributed by atoms with E-state index in [1.165, 1.54) is 0 Å². The van der Waals surface area contributed by atoms with E-state index < -0.39 is 5.60 Å². The van der Waals surface area contributed by atoms with Crippen LogP contribution in [0.5, 0.6) is 0 Å². The number of benzene rings is 1. The Hall–Kier alpha value is -1.72. The Morgan fingerprint density at radius 2 is 2.20 bits per heavy atom. The summed E-state index contributed by atoms with van der Waals surface area (Å²) < 4.78 is 5.96. The summed E-state index contributed by atoms with van der Waals surface area (Å²) in [5, 5.41) is 0.